The van der Waals surface area contributed by atoms with Crippen molar-refractivity contribution in [3.63, 3.8) is 0 Å². The van der Waals surface area contributed by atoms with Crippen LogP contribution in [-0.2, 0) is 13.1 Å². The SMILES string of the molecule is CCNC(=O)c1ccc2c(c1)CN(C)C2. The van der Waals surface area contributed by atoms with Gasteiger partial charge in [-0.15, -0.1) is 0 Å². The van der Waals surface area contributed by atoms with Crippen molar-refractivity contribution in [3.05, 3.63) is 34.9 Å². The molecular weight excluding hydrogens is 188 g/mol. The van der Waals surface area contributed by atoms with Crippen molar-refractivity contribution >= 4 is 5.91 Å². The molecule has 0 saturated heterocycles. The topological polar surface area (TPSA) is 32.3 Å². The van der Waals surface area contributed by atoms with E-state index >= 15 is 0 Å². The molecular formula is C12H16N2O. The number of rotatable bonds is 2. The molecule has 0 bridgehead atoms. The van der Waals surface area contributed by atoms with Gasteiger partial charge in [0, 0.05) is 25.2 Å². The Morgan fingerprint density at radius 2 is 2.13 bits per heavy atom. The number of nitrogens with zero attached hydrogens (tertiary/aromatic N) is 1. The summed E-state index contributed by atoms with van der Waals surface area (Å²) < 4.78 is 0. The van der Waals surface area contributed by atoms with Gasteiger partial charge in [0.2, 0.25) is 0 Å². The highest BCUT2D eigenvalue weighted by Gasteiger charge is 2.16. The van der Waals surface area contributed by atoms with Gasteiger partial charge in [-0.3, -0.25) is 9.69 Å². The lowest BCUT2D eigenvalue weighted by atomic mass is 10.1. The molecule has 0 aromatic heterocycles. The Kier molecular flexibility index (Phi) is 2.73. The van der Waals surface area contributed by atoms with Gasteiger partial charge in [-0.1, -0.05) is 6.07 Å². The summed E-state index contributed by atoms with van der Waals surface area (Å²) >= 11 is 0. The minimum Gasteiger partial charge on any atom is -0.352 e. The molecule has 1 amide bonds. The Morgan fingerprint density at radius 1 is 1.40 bits per heavy atom. The Labute approximate surface area is 90.1 Å². The molecule has 1 aromatic rings. The van der Waals surface area contributed by atoms with Gasteiger partial charge in [-0.05, 0) is 37.2 Å². The van der Waals surface area contributed by atoms with Crippen molar-refractivity contribution in [2.75, 3.05) is 13.6 Å². The first-order valence-corrected chi connectivity index (χ1v) is 5.29. The van der Waals surface area contributed by atoms with E-state index < -0.39 is 0 Å². The monoisotopic (exact) mass is 204 g/mol. The number of fused-ring (bicyclic) bond motifs is 1. The summed E-state index contributed by atoms with van der Waals surface area (Å²) in [6.45, 7) is 4.54. The standard InChI is InChI=1S/C12H16N2O/c1-3-13-12(15)9-4-5-10-7-14(2)8-11(10)6-9/h4-6H,3,7-8H2,1-2H3,(H,13,15). The van der Waals surface area contributed by atoms with E-state index in [1.165, 1.54) is 11.1 Å². The van der Waals surface area contributed by atoms with Crippen LogP contribution in [0.5, 0.6) is 0 Å². The van der Waals surface area contributed by atoms with E-state index in [2.05, 4.69) is 23.3 Å². The Balaban J connectivity index is 2.23. The highest BCUT2D eigenvalue weighted by molar-refractivity contribution is 5.94. The van der Waals surface area contributed by atoms with Crippen LogP contribution in [0.2, 0.25) is 0 Å². The smallest absolute Gasteiger partial charge is 0.251 e. The number of carbonyl (C=O) groups is 1. The van der Waals surface area contributed by atoms with E-state index in [-0.39, 0.29) is 5.91 Å². The first-order chi connectivity index (χ1) is 7.20. The molecule has 0 fully saturated rings. The zero-order chi connectivity index (χ0) is 10.8. The minimum atomic E-state index is 0.0230. The summed E-state index contributed by atoms with van der Waals surface area (Å²) in [4.78, 5) is 13.8. The lowest BCUT2D eigenvalue weighted by Crippen LogP contribution is -2.22. The van der Waals surface area contributed by atoms with Crippen LogP contribution >= 0.6 is 0 Å². The molecule has 1 aliphatic heterocycles. The van der Waals surface area contributed by atoms with Crippen molar-refractivity contribution in [2.45, 2.75) is 20.0 Å². The van der Waals surface area contributed by atoms with Crippen LogP contribution < -0.4 is 5.32 Å². The van der Waals surface area contributed by atoms with Crippen molar-refractivity contribution in [2.24, 2.45) is 0 Å². The molecule has 80 valence electrons. The van der Waals surface area contributed by atoms with Crippen molar-refractivity contribution < 1.29 is 4.79 Å². The van der Waals surface area contributed by atoms with Gasteiger partial charge in [0.05, 0.1) is 0 Å². The van der Waals surface area contributed by atoms with Crippen molar-refractivity contribution in [1.82, 2.24) is 10.2 Å². The van der Waals surface area contributed by atoms with Crippen LogP contribution in [0.15, 0.2) is 18.2 Å². The zero-order valence-electron chi connectivity index (χ0n) is 9.21. The zero-order valence-corrected chi connectivity index (χ0v) is 9.21. The molecule has 0 radical (unpaired) electrons. The fourth-order valence-corrected chi connectivity index (χ4v) is 1.97. The number of hydrogen-bond acceptors (Lipinski definition) is 2. The molecule has 2 rings (SSSR count). The Bertz CT molecular complexity index is 387. The molecule has 0 spiro atoms. The Morgan fingerprint density at radius 3 is 2.87 bits per heavy atom. The van der Waals surface area contributed by atoms with Crippen molar-refractivity contribution in [1.29, 1.82) is 0 Å². The third-order valence-electron chi connectivity index (χ3n) is 2.69. The number of hydrogen-bond donors (Lipinski definition) is 1. The molecule has 0 atom stereocenters. The second-order valence-corrected chi connectivity index (χ2v) is 4.02. The maximum absolute atomic E-state index is 11.6. The highest BCUT2D eigenvalue weighted by atomic mass is 16.1. The Hall–Kier alpha value is -1.35. The molecule has 1 N–H and O–H groups in total. The summed E-state index contributed by atoms with van der Waals surface area (Å²) in [5, 5.41) is 2.81. The van der Waals surface area contributed by atoms with Gasteiger partial charge in [-0.25, -0.2) is 0 Å². The van der Waals surface area contributed by atoms with E-state index in [0.717, 1.165) is 18.7 Å². The number of nitrogens with one attached hydrogen (secondary N) is 1. The van der Waals surface area contributed by atoms with Crippen molar-refractivity contribution in [3.8, 4) is 0 Å². The average molecular weight is 204 g/mol. The predicted molar refractivity (Wildman–Crippen MR) is 59.6 cm³/mol. The van der Waals surface area contributed by atoms with Gasteiger partial charge in [0.25, 0.3) is 5.91 Å². The van der Waals surface area contributed by atoms with Crippen LogP contribution in [0.25, 0.3) is 0 Å². The van der Waals surface area contributed by atoms with E-state index in [9.17, 15) is 4.79 Å². The molecule has 3 nitrogen and oxygen atoms in total. The largest absolute Gasteiger partial charge is 0.352 e. The normalized spacial score (nSPS) is 15.1. The van der Waals surface area contributed by atoms with Gasteiger partial charge in [0.1, 0.15) is 0 Å². The fourth-order valence-electron chi connectivity index (χ4n) is 1.97. The second kappa shape index (κ2) is 4.03. The van der Waals surface area contributed by atoms with Crippen LogP contribution in [0, 0.1) is 0 Å². The fraction of sp³-hybridized carbons (Fsp3) is 0.417. The molecule has 0 saturated carbocycles. The van der Waals surface area contributed by atoms with E-state index in [1.807, 2.05) is 19.1 Å². The number of amides is 1. The van der Waals surface area contributed by atoms with Crippen LogP contribution in [0.4, 0.5) is 0 Å². The second-order valence-electron chi connectivity index (χ2n) is 4.02. The summed E-state index contributed by atoms with van der Waals surface area (Å²) in [6.07, 6.45) is 0. The molecule has 1 aromatic carbocycles. The summed E-state index contributed by atoms with van der Waals surface area (Å²) in [5.74, 6) is 0.0230. The summed E-state index contributed by atoms with van der Waals surface area (Å²) in [5.41, 5.74) is 3.39. The maximum atomic E-state index is 11.6. The number of carbonyl (C=O) groups excluding carboxylic acids is 1. The maximum Gasteiger partial charge on any atom is 0.251 e. The molecule has 1 heterocycles. The third kappa shape index (κ3) is 2.02. The molecule has 15 heavy (non-hydrogen) atoms. The van der Waals surface area contributed by atoms with Gasteiger partial charge >= 0.3 is 0 Å². The van der Waals surface area contributed by atoms with Crippen LogP contribution in [0.1, 0.15) is 28.4 Å². The van der Waals surface area contributed by atoms with Gasteiger partial charge in [-0.2, -0.15) is 0 Å². The lowest BCUT2D eigenvalue weighted by Gasteiger charge is -2.04. The molecule has 3 heteroatoms. The first-order valence-electron chi connectivity index (χ1n) is 5.29. The van der Waals surface area contributed by atoms with E-state index in [0.29, 0.717) is 6.54 Å². The predicted octanol–water partition coefficient (Wildman–Crippen LogP) is 1.38. The quantitative estimate of drug-likeness (QED) is 0.789. The van der Waals surface area contributed by atoms with Crippen LogP contribution in [0.3, 0.4) is 0 Å². The summed E-state index contributed by atoms with van der Waals surface area (Å²) in [7, 11) is 2.09. The lowest BCUT2D eigenvalue weighted by molar-refractivity contribution is 0.0955. The van der Waals surface area contributed by atoms with Gasteiger partial charge in [0.15, 0.2) is 0 Å². The van der Waals surface area contributed by atoms with E-state index in [1.54, 1.807) is 0 Å². The highest BCUT2D eigenvalue weighted by Crippen LogP contribution is 2.22. The number of benzene rings is 1. The first kappa shape index (κ1) is 10.2. The summed E-state index contributed by atoms with van der Waals surface area (Å²) in [6, 6.07) is 5.97. The van der Waals surface area contributed by atoms with Gasteiger partial charge < -0.3 is 5.32 Å². The minimum absolute atomic E-state index is 0.0230. The van der Waals surface area contributed by atoms with E-state index in [4.69, 9.17) is 0 Å². The molecule has 0 unspecified atom stereocenters. The average Bonchev–Trinajstić information content (AvgIpc) is 2.57. The van der Waals surface area contributed by atoms with Crippen LogP contribution in [-0.4, -0.2) is 24.4 Å². The molecule has 0 aliphatic carbocycles. The third-order valence-corrected chi connectivity index (χ3v) is 2.69. The molecule has 1 aliphatic rings.